The van der Waals surface area contributed by atoms with E-state index in [-0.39, 0.29) is 11.8 Å². The predicted molar refractivity (Wildman–Crippen MR) is 84.1 cm³/mol. The predicted octanol–water partition coefficient (Wildman–Crippen LogP) is 4.01. The van der Waals surface area contributed by atoms with Gasteiger partial charge in [-0.3, -0.25) is 0 Å². The fraction of sp³-hybridized carbons (Fsp3) is 0.250. The van der Waals surface area contributed by atoms with Crippen molar-refractivity contribution in [1.29, 1.82) is 0 Å². The number of nitrogens with one attached hydrogen (secondary N) is 1. The van der Waals surface area contributed by atoms with Crippen LogP contribution in [0.1, 0.15) is 24.1 Å². The van der Waals surface area contributed by atoms with Crippen LogP contribution in [0.2, 0.25) is 0 Å². The van der Waals surface area contributed by atoms with E-state index in [2.05, 4.69) is 40.3 Å². The lowest BCUT2D eigenvalue weighted by molar-refractivity contribution is 0.373. The highest BCUT2D eigenvalue weighted by molar-refractivity contribution is 9.10. The molecule has 0 unspecified atom stereocenters. The molecule has 0 saturated carbocycles. The third-order valence-electron chi connectivity index (χ3n) is 3.23. The fourth-order valence-corrected chi connectivity index (χ4v) is 2.25. The van der Waals surface area contributed by atoms with Gasteiger partial charge in [0.1, 0.15) is 0 Å². The molecule has 0 spiro atoms. The molecule has 20 heavy (non-hydrogen) atoms. The van der Waals surface area contributed by atoms with Crippen molar-refractivity contribution in [2.75, 3.05) is 7.11 Å². The van der Waals surface area contributed by atoms with E-state index >= 15 is 0 Å². The van der Waals surface area contributed by atoms with Gasteiger partial charge in [-0.1, -0.05) is 34.1 Å². The minimum atomic E-state index is 0.170. The molecule has 4 heteroatoms. The number of ether oxygens (including phenoxy) is 1. The van der Waals surface area contributed by atoms with Gasteiger partial charge in [-0.2, -0.15) is 0 Å². The smallest absolute Gasteiger partial charge is 0.160 e. The summed E-state index contributed by atoms with van der Waals surface area (Å²) in [6.07, 6.45) is 0. The number of halogens is 1. The molecule has 0 aromatic heterocycles. The fourth-order valence-electron chi connectivity index (χ4n) is 1.99. The highest BCUT2D eigenvalue weighted by Crippen LogP contribution is 2.26. The third kappa shape index (κ3) is 3.74. The second-order valence-corrected chi connectivity index (χ2v) is 5.58. The molecule has 2 N–H and O–H groups in total. The normalized spacial score (nSPS) is 12.2. The number of benzene rings is 2. The van der Waals surface area contributed by atoms with Gasteiger partial charge in [0, 0.05) is 17.1 Å². The van der Waals surface area contributed by atoms with Crippen LogP contribution in [-0.4, -0.2) is 12.2 Å². The summed E-state index contributed by atoms with van der Waals surface area (Å²) < 4.78 is 6.11. The van der Waals surface area contributed by atoms with E-state index in [9.17, 15) is 5.11 Å². The van der Waals surface area contributed by atoms with E-state index in [0.717, 1.165) is 10.0 Å². The number of hydrogen-bond donors (Lipinski definition) is 2. The van der Waals surface area contributed by atoms with Crippen molar-refractivity contribution >= 4 is 15.9 Å². The van der Waals surface area contributed by atoms with Crippen LogP contribution in [0.5, 0.6) is 11.5 Å². The molecule has 0 radical (unpaired) electrons. The van der Waals surface area contributed by atoms with Crippen molar-refractivity contribution < 1.29 is 9.84 Å². The molecule has 0 aliphatic rings. The molecule has 0 aliphatic heterocycles. The van der Waals surface area contributed by atoms with Gasteiger partial charge in [0.05, 0.1) is 7.11 Å². The first-order valence-electron chi connectivity index (χ1n) is 6.45. The average Bonchev–Trinajstić information content (AvgIpc) is 2.45. The van der Waals surface area contributed by atoms with E-state index in [0.29, 0.717) is 12.3 Å². The zero-order valence-electron chi connectivity index (χ0n) is 11.6. The Hall–Kier alpha value is -1.52. The molecule has 2 aromatic rings. The first-order chi connectivity index (χ1) is 9.60. The van der Waals surface area contributed by atoms with Gasteiger partial charge in [0.15, 0.2) is 11.5 Å². The lowest BCUT2D eigenvalue weighted by atomic mass is 10.1. The maximum absolute atomic E-state index is 9.75. The van der Waals surface area contributed by atoms with Crippen molar-refractivity contribution in [2.45, 2.75) is 19.5 Å². The Morgan fingerprint density at radius 3 is 2.50 bits per heavy atom. The van der Waals surface area contributed by atoms with E-state index < -0.39 is 0 Å². The molecule has 0 fully saturated rings. The number of hydrogen-bond acceptors (Lipinski definition) is 3. The Morgan fingerprint density at radius 1 is 1.20 bits per heavy atom. The summed E-state index contributed by atoms with van der Waals surface area (Å²) in [7, 11) is 1.54. The lowest BCUT2D eigenvalue weighted by Gasteiger charge is -2.15. The Balaban J connectivity index is 1.97. The monoisotopic (exact) mass is 335 g/mol. The summed E-state index contributed by atoms with van der Waals surface area (Å²) in [5.41, 5.74) is 2.25. The Labute approximate surface area is 127 Å². The summed E-state index contributed by atoms with van der Waals surface area (Å²) in [5, 5.41) is 13.2. The quantitative estimate of drug-likeness (QED) is 0.867. The van der Waals surface area contributed by atoms with Crippen LogP contribution < -0.4 is 10.1 Å². The Kier molecular flexibility index (Phi) is 5.04. The van der Waals surface area contributed by atoms with E-state index in [4.69, 9.17) is 4.74 Å². The largest absolute Gasteiger partial charge is 0.504 e. The van der Waals surface area contributed by atoms with Crippen molar-refractivity contribution in [2.24, 2.45) is 0 Å². The van der Waals surface area contributed by atoms with Gasteiger partial charge in [-0.15, -0.1) is 0 Å². The molecule has 1 atom stereocenters. The third-order valence-corrected chi connectivity index (χ3v) is 3.75. The summed E-state index contributed by atoms with van der Waals surface area (Å²) in [4.78, 5) is 0. The maximum atomic E-state index is 9.75. The van der Waals surface area contributed by atoms with Crippen molar-refractivity contribution in [3.05, 3.63) is 58.1 Å². The SMILES string of the molecule is COc1ccc(CN[C@H](C)c2ccc(Br)cc2)cc1O. The van der Waals surface area contributed by atoms with Crippen molar-refractivity contribution in [3.8, 4) is 11.5 Å². The molecule has 0 saturated heterocycles. The second kappa shape index (κ2) is 6.77. The number of aromatic hydroxyl groups is 1. The molecule has 0 bridgehead atoms. The van der Waals surface area contributed by atoms with Gasteiger partial charge in [0.25, 0.3) is 0 Å². The zero-order chi connectivity index (χ0) is 14.5. The van der Waals surface area contributed by atoms with Gasteiger partial charge in [-0.25, -0.2) is 0 Å². The number of methoxy groups -OCH3 is 1. The molecular formula is C16H18BrNO2. The van der Waals surface area contributed by atoms with E-state index in [1.165, 1.54) is 5.56 Å². The highest BCUT2D eigenvalue weighted by atomic mass is 79.9. The van der Waals surface area contributed by atoms with Crippen molar-refractivity contribution in [3.63, 3.8) is 0 Å². The van der Waals surface area contributed by atoms with Gasteiger partial charge >= 0.3 is 0 Å². The van der Waals surface area contributed by atoms with Crippen molar-refractivity contribution in [1.82, 2.24) is 5.32 Å². The lowest BCUT2D eigenvalue weighted by Crippen LogP contribution is -2.17. The molecular weight excluding hydrogens is 318 g/mol. The van der Waals surface area contributed by atoms with Gasteiger partial charge in [-0.05, 0) is 42.3 Å². The maximum Gasteiger partial charge on any atom is 0.160 e. The summed E-state index contributed by atoms with van der Waals surface area (Å²) >= 11 is 3.43. The summed E-state index contributed by atoms with van der Waals surface area (Å²) in [5.74, 6) is 0.665. The van der Waals surface area contributed by atoms with E-state index in [1.54, 1.807) is 19.2 Å². The van der Waals surface area contributed by atoms with Crippen LogP contribution in [0.3, 0.4) is 0 Å². The Morgan fingerprint density at radius 2 is 1.90 bits per heavy atom. The highest BCUT2D eigenvalue weighted by Gasteiger charge is 2.06. The van der Waals surface area contributed by atoms with E-state index in [1.807, 2.05) is 18.2 Å². The molecule has 2 rings (SSSR count). The molecule has 2 aromatic carbocycles. The molecule has 0 aliphatic carbocycles. The van der Waals surface area contributed by atoms with Crippen LogP contribution >= 0.6 is 15.9 Å². The number of phenolic OH excluding ortho intramolecular Hbond substituents is 1. The van der Waals surface area contributed by atoms with Crippen LogP contribution in [0.15, 0.2) is 46.9 Å². The van der Waals surface area contributed by atoms with Gasteiger partial charge < -0.3 is 15.2 Å². The first-order valence-corrected chi connectivity index (χ1v) is 7.24. The van der Waals surface area contributed by atoms with Crippen LogP contribution in [0, 0.1) is 0 Å². The summed E-state index contributed by atoms with van der Waals surface area (Å²) in [6, 6.07) is 13.9. The topological polar surface area (TPSA) is 41.5 Å². The number of rotatable bonds is 5. The Bertz CT molecular complexity index is 569. The average molecular weight is 336 g/mol. The van der Waals surface area contributed by atoms with Crippen LogP contribution in [0.4, 0.5) is 0 Å². The minimum absolute atomic E-state index is 0.170. The summed E-state index contributed by atoms with van der Waals surface area (Å²) in [6.45, 7) is 2.81. The first kappa shape index (κ1) is 14.9. The molecule has 0 heterocycles. The second-order valence-electron chi connectivity index (χ2n) is 4.66. The molecule has 106 valence electrons. The molecule has 3 nitrogen and oxygen atoms in total. The molecule has 0 amide bonds. The minimum Gasteiger partial charge on any atom is -0.504 e. The zero-order valence-corrected chi connectivity index (χ0v) is 13.1. The number of phenols is 1. The van der Waals surface area contributed by atoms with Crippen LogP contribution in [-0.2, 0) is 6.54 Å². The van der Waals surface area contributed by atoms with Gasteiger partial charge in [0.2, 0.25) is 0 Å². The van der Waals surface area contributed by atoms with Crippen LogP contribution in [0.25, 0.3) is 0 Å². The standard InChI is InChI=1S/C16H18BrNO2/c1-11(13-4-6-14(17)7-5-13)18-10-12-3-8-16(20-2)15(19)9-12/h3-9,11,18-19H,10H2,1-2H3/t11-/m1/s1.